The molecule has 5 aromatic rings. The van der Waals surface area contributed by atoms with Gasteiger partial charge in [0, 0.05) is 18.2 Å². The molecule has 5 heteroatoms. The van der Waals surface area contributed by atoms with Gasteiger partial charge in [0.25, 0.3) is 5.91 Å². The van der Waals surface area contributed by atoms with Crippen molar-refractivity contribution in [1.82, 2.24) is 4.90 Å². The predicted octanol–water partition coefficient (Wildman–Crippen LogP) is 6.98. The second-order valence-electron chi connectivity index (χ2n) is 10.2. The molecule has 0 radical (unpaired) electrons. The Morgan fingerprint density at radius 3 is 1.74 bits per heavy atom. The van der Waals surface area contributed by atoms with E-state index >= 15 is 0 Å². The molecular weight excluding hydrogens is 484 g/mol. The lowest BCUT2D eigenvalue weighted by Gasteiger charge is -2.48. The Hall–Kier alpha value is -4.87. The molecule has 2 heterocycles. The number of nitrogens with zero attached hydrogens (tertiary/aromatic N) is 2. The third-order valence-electron chi connectivity index (χ3n) is 8.36. The summed E-state index contributed by atoms with van der Waals surface area (Å²) in [5, 5.41) is 11.5. The fourth-order valence-electron chi connectivity index (χ4n) is 6.77. The van der Waals surface area contributed by atoms with Gasteiger partial charge in [0.2, 0.25) is 0 Å². The first-order valence-electron chi connectivity index (χ1n) is 13.1. The van der Waals surface area contributed by atoms with Gasteiger partial charge in [-0.2, -0.15) is 0 Å². The molecule has 5 nitrogen and oxygen atoms in total. The van der Waals surface area contributed by atoms with Crippen molar-refractivity contribution < 1.29 is 14.6 Å². The Morgan fingerprint density at radius 1 is 0.641 bits per heavy atom. The maximum atomic E-state index is 13.3. The first kappa shape index (κ1) is 22.1. The van der Waals surface area contributed by atoms with Crippen molar-refractivity contribution in [2.24, 2.45) is 0 Å². The van der Waals surface area contributed by atoms with Gasteiger partial charge < -0.3 is 19.6 Å². The van der Waals surface area contributed by atoms with Gasteiger partial charge in [0.1, 0.15) is 5.54 Å². The lowest BCUT2D eigenvalue weighted by molar-refractivity contribution is 0.0296. The van der Waals surface area contributed by atoms with Gasteiger partial charge >= 0.3 is 0 Å². The van der Waals surface area contributed by atoms with E-state index in [0.717, 1.165) is 50.7 Å². The first-order valence-corrected chi connectivity index (χ1v) is 13.1. The Labute approximate surface area is 226 Å². The number of rotatable bonds is 2. The zero-order valence-electron chi connectivity index (χ0n) is 21.2. The number of hydrogen-bond acceptors (Lipinski definition) is 4. The number of para-hydroxylation sites is 4. The minimum atomic E-state index is -1.06. The molecule has 39 heavy (non-hydrogen) atoms. The normalized spacial score (nSPS) is 17.6. The largest absolute Gasteiger partial charge is 0.453 e. The van der Waals surface area contributed by atoms with E-state index in [1.165, 1.54) is 4.90 Å². The van der Waals surface area contributed by atoms with Crippen LogP contribution in [-0.2, 0) is 5.54 Å². The Morgan fingerprint density at radius 2 is 1.13 bits per heavy atom. The molecule has 2 aliphatic heterocycles. The van der Waals surface area contributed by atoms with Crippen LogP contribution in [0.1, 0.15) is 38.8 Å². The van der Waals surface area contributed by atoms with Crippen LogP contribution in [0.2, 0.25) is 0 Å². The van der Waals surface area contributed by atoms with E-state index in [1.54, 1.807) is 7.05 Å². The van der Waals surface area contributed by atoms with Crippen LogP contribution >= 0.6 is 0 Å². The highest BCUT2D eigenvalue weighted by Crippen LogP contribution is 2.62. The standard InChI is InChI=1S/C34H24N2O3/c1-35-32(37)23-13-10-16-26(31(23)33(35)38)34(24-14-4-2-11-21(24)22-12-3-5-15-25(22)34)36-27-17-6-8-19-29(27)39-30-20-9-7-18-28(30)36/h2-20,33,38H,1H3. The van der Waals surface area contributed by atoms with Crippen LogP contribution in [0.4, 0.5) is 11.4 Å². The molecule has 1 N–H and O–H groups in total. The lowest BCUT2D eigenvalue weighted by Crippen LogP contribution is -2.46. The quantitative estimate of drug-likeness (QED) is 0.280. The molecule has 1 atom stereocenters. The van der Waals surface area contributed by atoms with Gasteiger partial charge in [-0.3, -0.25) is 4.79 Å². The fraction of sp³-hybridized carbons (Fsp3) is 0.0882. The summed E-state index contributed by atoms with van der Waals surface area (Å²) in [5.74, 6) is 1.31. The van der Waals surface area contributed by atoms with Crippen molar-refractivity contribution >= 4 is 17.3 Å². The summed E-state index contributed by atoms with van der Waals surface area (Å²) in [6.07, 6.45) is -1.06. The molecule has 5 aromatic carbocycles. The van der Waals surface area contributed by atoms with Gasteiger partial charge in [-0.25, -0.2) is 0 Å². The van der Waals surface area contributed by atoms with Gasteiger partial charge in [-0.1, -0.05) is 84.9 Å². The van der Waals surface area contributed by atoms with Crippen LogP contribution in [0.3, 0.4) is 0 Å². The number of anilines is 2. The molecule has 3 aliphatic rings. The highest BCUT2D eigenvalue weighted by Gasteiger charge is 2.54. The van der Waals surface area contributed by atoms with Gasteiger partial charge in [-0.15, -0.1) is 0 Å². The third kappa shape index (κ3) is 2.70. The van der Waals surface area contributed by atoms with E-state index < -0.39 is 11.8 Å². The molecule has 0 saturated heterocycles. The molecule has 0 aromatic heterocycles. The number of aliphatic hydroxyl groups is 1. The molecule has 188 valence electrons. The van der Waals surface area contributed by atoms with E-state index in [1.807, 2.05) is 48.5 Å². The zero-order valence-corrected chi connectivity index (χ0v) is 21.2. The number of amides is 1. The molecule has 8 rings (SSSR count). The SMILES string of the molecule is CN1C(=O)c2cccc(C3(N4c5ccccc5Oc5ccccc54)c4ccccc4-c4ccccc43)c2C1O. The Balaban J connectivity index is 1.59. The number of hydrogen-bond donors (Lipinski definition) is 1. The van der Waals surface area contributed by atoms with Crippen LogP contribution in [0.25, 0.3) is 11.1 Å². The number of carbonyl (C=O) groups excluding carboxylic acids is 1. The van der Waals surface area contributed by atoms with Gasteiger partial charge in [-0.05, 0) is 58.1 Å². The van der Waals surface area contributed by atoms with Gasteiger partial charge in [0.05, 0.1) is 11.4 Å². The molecule has 1 amide bonds. The highest BCUT2D eigenvalue weighted by atomic mass is 16.5. The van der Waals surface area contributed by atoms with Crippen molar-refractivity contribution in [2.45, 2.75) is 11.8 Å². The Bertz CT molecular complexity index is 1740. The number of benzene rings is 5. The van der Waals surface area contributed by atoms with Crippen LogP contribution in [-0.4, -0.2) is 23.0 Å². The Kier molecular flexibility index (Phi) is 4.44. The van der Waals surface area contributed by atoms with E-state index in [0.29, 0.717) is 11.1 Å². The first-order chi connectivity index (χ1) is 19.1. The topological polar surface area (TPSA) is 53.0 Å². The second-order valence-corrected chi connectivity index (χ2v) is 10.2. The number of aliphatic hydroxyl groups excluding tert-OH is 1. The third-order valence-corrected chi connectivity index (χ3v) is 8.36. The second kappa shape index (κ2) is 7.82. The summed E-state index contributed by atoms with van der Waals surface area (Å²) in [5.41, 5.74) is 7.37. The molecule has 0 fully saturated rings. The molecule has 0 saturated carbocycles. The highest BCUT2D eigenvalue weighted by molar-refractivity contribution is 6.00. The smallest absolute Gasteiger partial charge is 0.256 e. The van der Waals surface area contributed by atoms with Crippen LogP contribution in [0, 0.1) is 0 Å². The summed E-state index contributed by atoms with van der Waals surface area (Å²) in [6, 6.07) is 38.8. The summed E-state index contributed by atoms with van der Waals surface area (Å²) < 4.78 is 6.42. The number of fused-ring (bicyclic) bond motifs is 6. The average Bonchev–Trinajstić information content (AvgIpc) is 3.40. The minimum absolute atomic E-state index is 0.183. The summed E-state index contributed by atoms with van der Waals surface area (Å²) in [7, 11) is 1.65. The fourth-order valence-corrected chi connectivity index (χ4v) is 6.77. The van der Waals surface area contributed by atoms with Crippen LogP contribution in [0.5, 0.6) is 11.5 Å². The minimum Gasteiger partial charge on any atom is -0.453 e. The maximum Gasteiger partial charge on any atom is 0.256 e. The average molecular weight is 509 g/mol. The number of ether oxygens (including phenoxy) is 1. The maximum absolute atomic E-state index is 13.3. The van der Waals surface area contributed by atoms with Gasteiger partial charge in [0.15, 0.2) is 17.7 Å². The monoisotopic (exact) mass is 508 g/mol. The summed E-state index contributed by atoms with van der Waals surface area (Å²) in [6.45, 7) is 0. The molecule has 1 aliphatic carbocycles. The molecule has 0 spiro atoms. The molecule has 0 bridgehead atoms. The molecule has 1 unspecified atom stereocenters. The summed E-state index contributed by atoms with van der Waals surface area (Å²) in [4.78, 5) is 17.0. The number of carbonyl (C=O) groups is 1. The zero-order chi connectivity index (χ0) is 26.3. The van der Waals surface area contributed by atoms with E-state index in [4.69, 9.17) is 4.74 Å². The predicted molar refractivity (Wildman–Crippen MR) is 150 cm³/mol. The van der Waals surface area contributed by atoms with E-state index in [-0.39, 0.29) is 5.91 Å². The van der Waals surface area contributed by atoms with Crippen molar-refractivity contribution in [3.63, 3.8) is 0 Å². The van der Waals surface area contributed by atoms with Crippen LogP contribution in [0.15, 0.2) is 115 Å². The summed E-state index contributed by atoms with van der Waals surface area (Å²) >= 11 is 0. The van der Waals surface area contributed by atoms with Crippen LogP contribution < -0.4 is 9.64 Å². The van der Waals surface area contributed by atoms with E-state index in [2.05, 4.69) is 71.6 Å². The van der Waals surface area contributed by atoms with Crippen molar-refractivity contribution in [3.05, 3.63) is 143 Å². The van der Waals surface area contributed by atoms with Crippen molar-refractivity contribution in [2.75, 3.05) is 11.9 Å². The van der Waals surface area contributed by atoms with E-state index in [9.17, 15) is 9.90 Å². The van der Waals surface area contributed by atoms with Crippen molar-refractivity contribution in [3.8, 4) is 22.6 Å². The lowest BCUT2D eigenvalue weighted by atomic mass is 9.75. The molecular formula is C34H24N2O3. The van der Waals surface area contributed by atoms with Crippen molar-refractivity contribution in [1.29, 1.82) is 0 Å².